The summed E-state index contributed by atoms with van der Waals surface area (Å²) in [6.07, 6.45) is 2.05. The van der Waals surface area contributed by atoms with E-state index in [-0.39, 0.29) is 18.1 Å². The lowest BCUT2D eigenvalue weighted by atomic mass is 10.1. The number of hydrogen-bond donors (Lipinski definition) is 1. The van der Waals surface area contributed by atoms with E-state index in [1.807, 2.05) is 0 Å². The summed E-state index contributed by atoms with van der Waals surface area (Å²) in [5.41, 5.74) is 0.516. The molecule has 2 saturated heterocycles. The topological polar surface area (TPSA) is 71.9 Å². The van der Waals surface area contributed by atoms with Gasteiger partial charge in [-0.05, 0) is 6.07 Å². The van der Waals surface area contributed by atoms with Crippen LogP contribution >= 0.6 is 0 Å². The molecule has 1 atom stereocenters. The molecule has 6 nitrogen and oxygen atoms in total. The largest absolute Gasteiger partial charge is 0.472 e. The molecule has 6 heteroatoms. The number of likely N-dealkylation sites (tertiary alicyclic amines) is 1. The molecule has 1 amide bonds. The van der Waals surface area contributed by atoms with E-state index in [0.29, 0.717) is 31.1 Å². The first-order valence-corrected chi connectivity index (χ1v) is 6.40. The molecule has 1 aromatic heterocycles. The zero-order valence-electron chi connectivity index (χ0n) is 10.5. The third kappa shape index (κ3) is 2.69. The molecule has 0 aromatic carbocycles. The molecule has 2 aliphatic rings. The fourth-order valence-electron chi connectivity index (χ4n) is 2.16. The van der Waals surface area contributed by atoms with Crippen molar-refractivity contribution >= 4 is 5.91 Å². The molecular weight excluding hydrogens is 248 g/mol. The van der Waals surface area contributed by atoms with E-state index in [4.69, 9.17) is 9.47 Å². The number of amides is 1. The van der Waals surface area contributed by atoms with Crippen LogP contribution in [0.5, 0.6) is 5.88 Å². The van der Waals surface area contributed by atoms with Crippen LogP contribution in [0.15, 0.2) is 18.3 Å². The van der Waals surface area contributed by atoms with Crippen molar-refractivity contribution in [3.63, 3.8) is 0 Å². The maximum atomic E-state index is 11.9. The first kappa shape index (κ1) is 12.4. The van der Waals surface area contributed by atoms with Gasteiger partial charge >= 0.3 is 0 Å². The minimum absolute atomic E-state index is 0.0552. The summed E-state index contributed by atoms with van der Waals surface area (Å²) in [5, 5.41) is 9.18. The van der Waals surface area contributed by atoms with E-state index >= 15 is 0 Å². The molecule has 0 aliphatic carbocycles. The SMILES string of the molecule is O=C(c1ccc(OC2CCOC2)nc1)N1CC(O)C1. The van der Waals surface area contributed by atoms with Crippen LogP contribution in [-0.4, -0.2) is 59.4 Å². The Kier molecular flexibility index (Phi) is 3.35. The van der Waals surface area contributed by atoms with E-state index in [0.717, 1.165) is 13.0 Å². The van der Waals surface area contributed by atoms with Crippen molar-refractivity contribution < 1.29 is 19.4 Å². The zero-order chi connectivity index (χ0) is 13.2. The second-order valence-corrected chi connectivity index (χ2v) is 4.85. The maximum absolute atomic E-state index is 11.9. The van der Waals surface area contributed by atoms with Gasteiger partial charge in [0.25, 0.3) is 5.91 Å². The predicted octanol–water partition coefficient (Wildman–Crippen LogP) is 0.0660. The zero-order valence-corrected chi connectivity index (χ0v) is 10.5. The minimum atomic E-state index is -0.387. The van der Waals surface area contributed by atoms with Gasteiger partial charge in [-0.15, -0.1) is 0 Å². The molecule has 0 spiro atoms. The molecule has 2 fully saturated rings. The number of nitrogens with zero attached hydrogens (tertiary/aromatic N) is 2. The van der Waals surface area contributed by atoms with Crippen molar-refractivity contribution in [1.29, 1.82) is 0 Å². The lowest BCUT2D eigenvalue weighted by Gasteiger charge is -2.35. The highest BCUT2D eigenvalue weighted by atomic mass is 16.5. The van der Waals surface area contributed by atoms with Gasteiger partial charge in [0.2, 0.25) is 5.88 Å². The molecular formula is C13H16N2O4. The standard InChI is InChI=1S/C13H16N2O4/c16-10-6-15(7-10)13(17)9-1-2-12(14-5-9)19-11-3-4-18-8-11/h1-2,5,10-11,16H,3-4,6-8H2. The van der Waals surface area contributed by atoms with E-state index in [1.165, 1.54) is 6.20 Å². The summed E-state index contributed by atoms with van der Waals surface area (Å²) in [7, 11) is 0. The molecule has 102 valence electrons. The maximum Gasteiger partial charge on any atom is 0.255 e. The van der Waals surface area contributed by atoms with Crippen LogP contribution in [0.4, 0.5) is 0 Å². The van der Waals surface area contributed by atoms with Crippen molar-refractivity contribution in [2.45, 2.75) is 18.6 Å². The monoisotopic (exact) mass is 264 g/mol. The highest BCUT2D eigenvalue weighted by Crippen LogP contribution is 2.17. The number of carbonyl (C=O) groups is 1. The van der Waals surface area contributed by atoms with Crippen molar-refractivity contribution in [3.05, 3.63) is 23.9 Å². The number of pyridine rings is 1. The average molecular weight is 264 g/mol. The summed E-state index contributed by atoms with van der Waals surface area (Å²) in [4.78, 5) is 17.7. The van der Waals surface area contributed by atoms with Crippen molar-refractivity contribution in [2.75, 3.05) is 26.3 Å². The normalized spacial score (nSPS) is 23.2. The van der Waals surface area contributed by atoms with Crippen LogP contribution in [-0.2, 0) is 4.74 Å². The summed E-state index contributed by atoms with van der Waals surface area (Å²) in [5.74, 6) is 0.407. The third-order valence-corrected chi connectivity index (χ3v) is 3.31. The molecule has 19 heavy (non-hydrogen) atoms. The second kappa shape index (κ2) is 5.14. The number of hydrogen-bond acceptors (Lipinski definition) is 5. The number of carbonyl (C=O) groups excluding carboxylic acids is 1. The number of aliphatic hydroxyl groups excluding tert-OH is 1. The summed E-state index contributed by atoms with van der Waals surface area (Å²) in [6, 6.07) is 3.40. The second-order valence-electron chi connectivity index (χ2n) is 4.85. The van der Waals surface area contributed by atoms with Crippen LogP contribution in [0.3, 0.4) is 0 Å². The van der Waals surface area contributed by atoms with Crippen LogP contribution in [0.25, 0.3) is 0 Å². The predicted molar refractivity (Wildman–Crippen MR) is 66.0 cm³/mol. The molecule has 1 unspecified atom stereocenters. The Labute approximate surface area is 111 Å². The molecule has 1 N–H and O–H groups in total. The molecule has 3 heterocycles. The van der Waals surface area contributed by atoms with Crippen molar-refractivity contribution in [1.82, 2.24) is 9.88 Å². The molecule has 0 radical (unpaired) electrons. The number of β-amino-alcohol motifs (C(OH)–C–C–N with tert-alkyl or cyclic N) is 1. The summed E-state index contributed by atoms with van der Waals surface area (Å²) >= 11 is 0. The molecule has 1 aromatic rings. The highest BCUT2D eigenvalue weighted by molar-refractivity contribution is 5.94. The smallest absolute Gasteiger partial charge is 0.255 e. The fourth-order valence-corrected chi connectivity index (χ4v) is 2.16. The van der Waals surface area contributed by atoms with Crippen LogP contribution < -0.4 is 4.74 Å². The molecule has 0 saturated carbocycles. The summed E-state index contributed by atoms with van der Waals surface area (Å²) < 4.78 is 10.8. The van der Waals surface area contributed by atoms with Crippen LogP contribution in [0.1, 0.15) is 16.8 Å². The Bertz CT molecular complexity index is 450. The van der Waals surface area contributed by atoms with E-state index in [2.05, 4.69) is 4.98 Å². The van der Waals surface area contributed by atoms with Crippen molar-refractivity contribution in [2.24, 2.45) is 0 Å². The fraction of sp³-hybridized carbons (Fsp3) is 0.538. The average Bonchev–Trinajstić information content (AvgIpc) is 2.88. The van der Waals surface area contributed by atoms with Gasteiger partial charge in [-0.1, -0.05) is 0 Å². The number of rotatable bonds is 3. The lowest BCUT2D eigenvalue weighted by molar-refractivity contribution is 0.00585. The van der Waals surface area contributed by atoms with Crippen LogP contribution in [0.2, 0.25) is 0 Å². The molecule has 3 rings (SSSR count). The van der Waals surface area contributed by atoms with Gasteiger partial charge < -0.3 is 19.5 Å². The van der Waals surface area contributed by atoms with Gasteiger partial charge in [0.1, 0.15) is 6.10 Å². The van der Waals surface area contributed by atoms with E-state index in [9.17, 15) is 9.90 Å². The van der Waals surface area contributed by atoms with Gasteiger partial charge in [-0.2, -0.15) is 0 Å². The van der Waals surface area contributed by atoms with Crippen molar-refractivity contribution in [3.8, 4) is 5.88 Å². The Morgan fingerprint density at radius 3 is 2.89 bits per heavy atom. The van der Waals surface area contributed by atoms with Gasteiger partial charge in [-0.3, -0.25) is 4.79 Å². The third-order valence-electron chi connectivity index (χ3n) is 3.31. The Morgan fingerprint density at radius 2 is 2.32 bits per heavy atom. The Balaban J connectivity index is 1.60. The minimum Gasteiger partial charge on any atom is -0.472 e. The van der Waals surface area contributed by atoms with E-state index in [1.54, 1.807) is 17.0 Å². The number of ether oxygens (including phenoxy) is 2. The summed E-state index contributed by atoms with van der Waals surface area (Å²) in [6.45, 7) is 2.11. The Morgan fingerprint density at radius 1 is 1.47 bits per heavy atom. The first-order chi connectivity index (χ1) is 9.22. The van der Waals surface area contributed by atoms with Gasteiger partial charge in [0.05, 0.1) is 24.9 Å². The van der Waals surface area contributed by atoms with Gasteiger partial charge in [-0.25, -0.2) is 4.98 Å². The quantitative estimate of drug-likeness (QED) is 0.836. The molecule has 0 bridgehead atoms. The van der Waals surface area contributed by atoms with Crippen LogP contribution in [0, 0.1) is 0 Å². The first-order valence-electron chi connectivity index (χ1n) is 6.40. The molecule has 2 aliphatic heterocycles. The number of aromatic nitrogens is 1. The lowest BCUT2D eigenvalue weighted by Crippen LogP contribution is -2.53. The van der Waals surface area contributed by atoms with Gasteiger partial charge in [0, 0.05) is 31.8 Å². The van der Waals surface area contributed by atoms with Gasteiger partial charge in [0.15, 0.2) is 0 Å². The van der Waals surface area contributed by atoms with E-state index < -0.39 is 0 Å². The Hall–Kier alpha value is -1.66. The highest BCUT2D eigenvalue weighted by Gasteiger charge is 2.29. The number of aliphatic hydroxyl groups is 1.